The third-order valence-electron chi connectivity index (χ3n) is 4.84. The Kier molecular flexibility index (Phi) is 4.12. The highest BCUT2D eigenvalue weighted by atomic mass is 16.5. The van der Waals surface area contributed by atoms with Gasteiger partial charge in [-0.2, -0.15) is 0 Å². The molecule has 23 heavy (non-hydrogen) atoms. The second-order valence-electron chi connectivity index (χ2n) is 6.77. The lowest BCUT2D eigenvalue weighted by molar-refractivity contribution is 0.377. The minimum Gasteiger partial charge on any atom is -0.496 e. The standard InChI is InChI=1S/C22H24O/c1-16-13-14-18(15-16)22(2,3)20-12-8-11-19(21(20)23-4)17-9-6-5-7-10-17/h5-15,18H,1-4H3. The van der Waals surface area contributed by atoms with E-state index < -0.39 is 0 Å². The normalized spacial score (nSPS) is 17.2. The molecule has 0 spiro atoms. The predicted octanol–water partition coefficient (Wildman–Crippen LogP) is 5.77. The second-order valence-corrected chi connectivity index (χ2v) is 6.77. The Bertz CT molecular complexity index is 751. The number of hydrogen-bond acceptors (Lipinski definition) is 1. The SMILES string of the molecule is COc1c(-c2ccccc2)cccc1C(C)(C)C1C=CC(C)=C1. The van der Waals surface area contributed by atoms with Crippen LogP contribution in [0.1, 0.15) is 26.3 Å². The lowest BCUT2D eigenvalue weighted by Gasteiger charge is -2.32. The summed E-state index contributed by atoms with van der Waals surface area (Å²) >= 11 is 0. The molecule has 2 aromatic rings. The number of hydrogen-bond donors (Lipinski definition) is 0. The largest absolute Gasteiger partial charge is 0.496 e. The highest BCUT2D eigenvalue weighted by molar-refractivity contribution is 5.73. The molecule has 1 nitrogen and oxygen atoms in total. The minimum atomic E-state index is -0.0234. The zero-order valence-corrected chi connectivity index (χ0v) is 14.3. The van der Waals surface area contributed by atoms with Crippen LogP contribution in [0.5, 0.6) is 5.75 Å². The smallest absolute Gasteiger partial charge is 0.130 e. The molecule has 0 aromatic heterocycles. The van der Waals surface area contributed by atoms with Crippen LogP contribution < -0.4 is 4.74 Å². The molecule has 0 N–H and O–H groups in total. The van der Waals surface area contributed by atoms with E-state index in [9.17, 15) is 0 Å². The van der Waals surface area contributed by atoms with Crippen LogP contribution in [0.25, 0.3) is 11.1 Å². The fourth-order valence-electron chi connectivity index (χ4n) is 3.39. The maximum absolute atomic E-state index is 5.86. The van der Waals surface area contributed by atoms with Crippen molar-refractivity contribution in [3.63, 3.8) is 0 Å². The molecule has 0 saturated heterocycles. The van der Waals surface area contributed by atoms with Crippen molar-refractivity contribution in [2.75, 3.05) is 7.11 Å². The van der Waals surface area contributed by atoms with Gasteiger partial charge in [-0.15, -0.1) is 0 Å². The molecule has 0 amide bonds. The summed E-state index contributed by atoms with van der Waals surface area (Å²) in [6, 6.07) is 16.9. The number of ether oxygens (including phenoxy) is 1. The summed E-state index contributed by atoms with van der Waals surface area (Å²) in [6.45, 7) is 6.75. The highest BCUT2D eigenvalue weighted by Crippen LogP contribution is 2.44. The number of rotatable bonds is 4. The number of para-hydroxylation sites is 1. The third-order valence-corrected chi connectivity index (χ3v) is 4.84. The molecule has 3 rings (SSSR count). The molecular formula is C22H24O. The van der Waals surface area contributed by atoms with Gasteiger partial charge in [0.05, 0.1) is 7.11 Å². The van der Waals surface area contributed by atoms with E-state index >= 15 is 0 Å². The molecule has 1 heteroatoms. The van der Waals surface area contributed by atoms with Gasteiger partial charge >= 0.3 is 0 Å². The van der Waals surface area contributed by atoms with Crippen LogP contribution in [0.15, 0.2) is 72.3 Å². The van der Waals surface area contributed by atoms with Crippen LogP contribution in [-0.2, 0) is 5.41 Å². The lowest BCUT2D eigenvalue weighted by Crippen LogP contribution is -2.26. The van der Waals surface area contributed by atoms with Gasteiger partial charge in [0.25, 0.3) is 0 Å². The average Bonchev–Trinajstić information content (AvgIpc) is 3.02. The van der Waals surface area contributed by atoms with Crippen molar-refractivity contribution >= 4 is 0 Å². The zero-order chi connectivity index (χ0) is 16.4. The molecule has 0 heterocycles. The fourth-order valence-corrected chi connectivity index (χ4v) is 3.39. The van der Waals surface area contributed by atoms with Crippen LogP contribution in [0.3, 0.4) is 0 Å². The van der Waals surface area contributed by atoms with Crippen LogP contribution >= 0.6 is 0 Å². The van der Waals surface area contributed by atoms with Gasteiger partial charge in [-0.05, 0) is 12.5 Å². The monoisotopic (exact) mass is 304 g/mol. The summed E-state index contributed by atoms with van der Waals surface area (Å²) in [6.07, 6.45) is 6.85. The van der Waals surface area contributed by atoms with E-state index in [2.05, 4.69) is 81.5 Å². The predicted molar refractivity (Wildman–Crippen MR) is 97.8 cm³/mol. The van der Waals surface area contributed by atoms with Gasteiger partial charge in [0.2, 0.25) is 0 Å². The molecule has 2 aromatic carbocycles. The summed E-state index contributed by atoms with van der Waals surface area (Å²) in [5, 5.41) is 0. The van der Waals surface area contributed by atoms with Crippen molar-refractivity contribution in [3.8, 4) is 16.9 Å². The molecule has 0 radical (unpaired) electrons. The van der Waals surface area contributed by atoms with Gasteiger partial charge in [-0.1, -0.05) is 86.2 Å². The van der Waals surface area contributed by atoms with E-state index in [1.54, 1.807) is 7.11 Å². The molecular weight excluding hydrogens is 280 g/mol. The Morgan fingerprint density at radius 2 is 1.70 bits per heavy atom. The molecule has 0 saturated carbocycles. The third kappa shape index (κ3) is 2.84. The molecule has 1 unspecified atom stereocenters. The first-order valence-corrected chi connectivity index (χ1v) is 8.13. The molecule has 118 valence electrons. The molecule has 1 aliphatic rings. The Morgan fingerprint density at radius 1 is 0.957 bits per heavy atom. The van der Waals surface area contributed by atoms with E-state index in [0.29, 0.717) is 5.92 Å². The first-order chi connectivity index (χ1) is 11.0. The fraction of sp³-hybridized carbons (Fsp3) is 0.273. The Morgan fingerprint density at radius 3 is 2.30 bits per heavy atom. The van der Waals surface area contributed by atoms with Gasteiger partial charge in [-0.25, -0.2) is 0 Å². The van der Waals surface area contributed by atoms with Crippen molar-refractivity contribution in [1.82, 2.24) is 0 Å². The molecule has 0 bridgehead atoms. The highest BCUT2D eigenvalue weighted by Gasteiger charge is 2.33. The van der Waals surface area contributed by atoms with E-state index in [-0.39, 0.29) is 5.41 Å². The minimum absolute atomic E-state index is 0.0234. The molecule has 0 aliphatic heterocycles. The summed E-state index contributed by atoms with van der Waals surface area (Å²) in [4.78, 5) is 0. The molecule has 0 fully saturated rings. The van der Waals surface area contributed by atoms with Gasteiger partial charge in [0.1, 0.15) is 5.75 Å². The summed E-state index contributed by atoms with van der Waals surface area (Å²) < 4.78 is 5.86. The zero-order valence-electron chi connectivity index (χ0n) is 14.3. The van der Waals surface area contributed by atoms with E-state index in [4.69, 9.17) is 4.74 Å². The number of methoxy groups -OCH3 is 1. The molecule has 1 atom stereocenters. The van der Waals surface area contributed by atoms with Crippen molar-refractivity contribution < 1.29 is 4.74 Å². The maximum atomic E-state index is 5.86. The van der Waals surface area contributed by atoms with Crippen LogP contribution in [0, 0.1) is 5.92 Å². The average molecular weight is 304 g/mol. The first-order valence-electron chi connectivity index (χ1n) is 8.13. The quantitative estimate of drug-likeness (QED) is 0.696. The second kappa shape index (κ2) is 6.08. The van der Waals surface area contributed by atoms with Gasteiger partial charge in [0.15, 0.2) is 0 Å². The van der Waals surface area contributed by atoms with E-state index in [0.717, 1.165) is 11.3 Å². The summed E-state index contributed by atoms with van der Waals surface area (Å²) in [5.74, 6) is 1.37. The number of benzene rings is 2. The Balaban J connectivity index is 2.12. The summed E-state index contributed by atoms with van der Waals surface area (Å²) in [5.41, 5.74) is 4.91. The lowest BCUT2D eigenvalue weighted by atomic mass is 9.73. The van der Waals surface area contributed by atoms with Crippen molar-refractivity contribution in [3.05, 3.63) is 77.9 Å². The maximum Gasteiger partial charge on any atom is 0.130 e. The van der Waals surface area contributed by atoms with Crippen LogP contribution in [-0.4, -0.2) is 7.11 Å². The van der Waals surface area contributed by atoms with Gasteiger partial charge < -0.3 is 4.74 Å². The van der Waals surface area contributed by atoms with E-state index in [1.165, 1.54) is 16.7 Å². The van der Waals surface area contributed by atoms with Crippen LogP contribution in [0.4, 0.5) is 0 Å². The van der Waals surface area contributed by atoms with Crippen molar-refractivity contribution in [2.45, 2.75) is 26.2 Å². The Hall–Kier alpha value is -2.28. The first kappa shape index (κ1) is 15.6. The van der Waals surface area contributed by atoms with Crippen molar-refractivity contribution in [2.24, 2.45) is 5.92 Å². The summed E-state index contributed by atoms with van der Waals surface area (Å²) in [7, 11) is 1.77. The van der Waals surface area contributed by atoms with Gasteiger partial charge in [0, 0.05) is 22.5 Å². The van der Waals surface area contributed by atoms with Crippen molar-refractivity contribution in [1.29, 1.82) is 0 Å². The Labute approximate surface area is 139 Å². The van der Waals surface area contributed by atoms with E-state index in [1.807, 2.05) is 6.07 Å². The van der Waals surface area contributed by atoms with Gasteiger partial charge in [-0.3, -0.25) is 0 Å². The number of allylic oxidation sites excluding steroid dienone is 4. The topological polar surface area (TPSA) is 9.23 Å². The van der Waals surface area contributed by atoms with Crippen LogP contribution in [0.2, 0.25) is 0 Å². The molecule has 1 aliphatic carbocycles.